The standard InChI is InChI=1S/C16H16N4O/c1-11-15(12(2)19(3)18-11)16(21)14-9-10-17-20(14)13-7-5-4-6-8-13/h4-10H,1-3H3. The molecular weight excluding hydrogens is 264 g/mol. The quantitative estimate of drug-likeness (QED) is 0.692. The van der Waals surface area contributed by atoms with Crippen molar-refractivity contribution in [1.29, 1.82) is 0 Å². The molecule has 0 aliphatic heterocycles. The lowest BCUT2D eigenvalue weighted by Gasteiger charge is -2.07. The summed E-state index contributed by atoms with van der Waals surface area (Å²) in [7, 11) is 1.84. The van der Waals surface area contributed by atoms with Gasteiger partial charge < -0.3 is 0 Å². The summed E-state index contributed by atoms with van der Waals surface area (Å²) in [6.45, 7) is 3.75. The minimum atomic E-state index is -0.0561. The molecule has 2 aromatic heterocycles. The first-order valence-electron chi connectivity index (χ1n) is 6.74. The van der Waals surface area contributed by atoms with Gasteiger partial charge in [-0.15, -0.1) is 0 Å². The van der Waals surface area contributed by atoms with Crippen LogP contribution in [-0.2, 0) is 7.05 Å². The zero-order valence-corrected chi connectivity index (χ0v) is 12.2. The Balaban J connectivity index is 2.10. The summed E-state index contributed by atoms with van der Waals surface area (Å²) in [6.07, 6.45) is 1.64. The van der Waals surface area contributed by atoms with E-state index in [4.69, 9.17) is 0 Å². The fourth-order valence-corrected chi connectivity index (χ4v) is 2.48. The number of benzene rings is 1. The van der Waals surface area contributed by atoms with Crippen molar-refractivity contribution < 1.29 is 4.79 Å². The number of aryl methyl sites for hydroxylation is 2. The van der Waals surface area contributed by atoms with Crippen molar-refractivity contribution in [2.75, 3.05) is 0 Å². The number of hydrogen-bond donors (Lipinski definition) is 0. The third-order valence-electron chi connectivity index (χ3n) is 3.61. The first-order valence-corrected chi connectivity index (χ1v) is 6.74. The maximum Gasteiger partial charge on any atom is 0.215 e. The van der Waals surface area contributed by atoms with Gasteiger partial charge in [0, 0.05) is 12.7 Å². The maximum atomic E-state index is 12.8. The first kappa shape index (κ1) is 13.3. The molecule has 5 nitrogen and oxygen atoms in total. The molecule has 3 aromatic rings. The zero-order chi connectivity index (χ0) is 15.0. The van der Waals surface area contributed by atoms with Gasteiger partial charge in [-0.1, -0.05) is 18.2 Å². The van der Waals surface area contributed by atoms with E-state index in [0.29, 0.717) is 11.3 Å². The fraction of sp³-hybridized carbons (Fsp3) is 0.188. The lowest BCUT2D eigenvalue weighted by Crippen LogP contribution is -2.11. The summed E-state index contributed by atoms with van der Waals surface area (Å²) in [5, 5.41) is 8.58. The number of para-hydroxylation sites is 1. The van der Waals surface area contributed by atoms with Gasteiger partial charge in [0.25, 0.3) is 0 Å². The second-order valence-electron chi connectivity index (χ2n) is 4.96. The monoisotopic (exact) mass is 280 g/mol. The molecule has 5 heteroatoms. The highest BCUT2D eigenvalue weighted by Gasteiger charge is 2.22. The van der Waals surface area contributed by atoms with Gasteiger partial charge in [0.05, 0.1) is 23.1 Å². The molecule has 0 N–H and O–H groups in total. The molecule has 106 valence electrons. The van der Waals surface area contributed by atoms with E-state index in [1.165, 1.54) is 0 Å². The average molecular weight is 280 g/mol. The Kier molecular flexibility index (Phi) is 3.17. The third kappa shape index (κ3) is 2.16. The minimum absolute atomic E-state index is 0.0561. The van der Waals surface area contributed by atoms with Gasteiger partial charge in [-0.3, -0.25) is 9.48 Å². The Morgan fingerprint density at radius 2 is 1.81 bits per heavy atom. The highest BCUT2D eigenvalue weighted by atomic mass is 16.1. The number of carbonyl (C=O) groups excluding carboxylic acids is 1. The van der Waals surface area contributed by atoms with Gasteiger partial charge in [-0.2, -0.15) is 10.2 Å². The number of ketones is 1. The maximum absolute atomic E-state index is 12.8. The van der Waals surface area contributed by atoms with E-state index < -0.39 is 0 Å². The molecule has 2 heterocycles. The predicted octanol–water partition coefficient (Wildman–Crippen LogP) is 2.45. The van der Waals surface area contributed by atoms with Crippen LogP contribution in [0.25, 0.3) is 5.69 Å². The van der Waals surface area contributed by atoms with E-state index in [2.05, 4.69) is 10.2 Å². The average Bonchev–Trinajstić information content (AvgIpc) is 3.05. The largest absolute Gasteiger partial charge is 0.287 e. The van der Waals surface area contributed by atoms with Crippen LogP contribution >= 0.6 is 0 Å². The summed E-state index contributed by atoms with van der Waals surface area (Å²) in [5.74, 6) is -0.0561. The Hall–Kier alpha value is -2.69. The van der Waals surface area contributed by atoms with Crippen LogP contribution in [0.4, 0.5) is 0 Å². The van der Waals surface area contributed by atoms with Gasteiger partial charge in [-0.25, -0.2) is 4.68 Å². The van der Waals surface area contributed by atoms with Gasteiger partial charge >= 0.3 is 0 Å². The summed E-state index contributed by atoms with van der Waals surface area (Å²) >= 11 is 0. The van der Waals surface area contributed by atoms with E-state index in [-0.39, 0.29) is 5.78 Å². The van der Waals surface area contributed by atoms with E-state index in [1.54, 1.807) is 21.6 Å². The second kappa shape index (κ2) is 5.01. The fourth-order valence-electron chi connectivity index (χ4n) is 2.48. The van der Waals surface area contributed by atoms with E-state index in [1.807, 2.05) is 51.2 Å². The van der Waals surface area contributed by atoms with Crippen LogP contribution in [0.2, 0.25) is 0 Å². The number of rotatable bonds is 3. The summed E-state index contributed by atoms with van der Waals surface area (Å²) < 4.78 is 3.39. The van der Waals surface area contributed by atoms with Crippen LogP contribution in [-0.4, -0.2) is 25.3 Å². The van der Waals surface area contributed by atoms with E-state index in [0.717, 1.165) is 17.1 Å². The number of hydrogen-bond acceptors (Lipinski definition) is 3. The minimum Gasteiger partial charge on any atom is -0.287 e. The highest BCUT2D eigenvalue weighted by molar-refractivity contribution is 6.09. The first-order chi connectivity index (χ1) is 10.1. The van der Waals surface area contributed by atoms with Crippen molar-refractivity contribution in [2.24, 2.45) is 7.05 Å². The zero-order valence-electron chi connectivity index (χ0n) is 12.2. The molecule has 1 aromatic carbocycles. The molecule has 0 atom stereocenters. The van der Waals surface area contributed by atoms with Gasteiger partial charge in [0.15, 0.2) is 0 Å². The van der Waals surface area contributed by atoms with Crippen LogP contribution in [0, 0.1) is 13.8 Å². The van der Waals surface area contributed by atoms with Crippen LogP contribution in [0.3, 0.4) is 0 Å². The molecule has 0 saturated carbocycles. The Bertz CT molecular complexity index is 799. The Morgan fingerprint density at radius 1 is 1.10 bits per heavy atom. The van der Waals surface area contributed by atoms with Crippen molar-refractivity contribution in [3.8, 4) is 5.69 Å². The highest BCUT2D eigenvalue weighted by Crippen LogP contribution is 2.19. The third-order valence-corrected chi connectivity index (χ3v) is 3.61. The molecule has 0 fully saturated rings. The predicted molar refractivity (Wildman–Crippen MR) is 79.7 cm³/mol. The van der Waals surface area contributed by atoms with Crippen molar-refractivity contribution in [3.63, 3.8) is 0 Å². The lowest BCUT2D eigenvalue weighted by molar-refractivity contribution is 0.103. The van der Waals surface area contributed by atoms with Gasteiger partial charge in [0.2, 0.25) is 5.78 Å². The number of nitrogens with zero attached hydrogens (tertiary/aromatic N) is 4. The van der Waals surface area contributed by atoms with Crippen LogP contribution in [0.1, 0.15) is 27.4 Å². The summed E-state index contributed by atoms with van der Waals surface area (Å²) in [4.78, 5) is 12.8. The normalized spacial score (nSPS) is 10.8. The smallest absolute Gasteiger partial charge is 0.215 e. The molecule has 0 aliphatic carbocycles. The van der Waals surface area contributed by atoms with E-state index >= 15 is 0 Å². The Morgan fingerprint density at radius 3 is 2.43 bits per heavy atom. The number of aromatic nitrogens is 4. The molecule has 21 heavy (non-hydrogen) atoms. The molecule has 0 amide bonds. The molecule has 0 bridgehead atoms. The summed E-state index contributed by atoms with van der Waals surface area (Å²) in [5.41, 5.74) is 3.65. The molecule has 0 saturated heterocycles. The van der Waals surface area contributed by atoms with Crippen LogP contribution < -0.4 is 0 Å². The van der Waals surface area contributed by atoms with Crippen molar-refractivity contribution in [2.45, 2.75) is 13.8 Å². The van der Waals surface area contributed by atoms with Gasteiger partial charge in [0.1, 0.15) is 5.69 Å². The number of carbonyl (C=O) groups is 1. The van der Waals surface area contributed by atoms with Crippen LogP contribution in [0.15, 0.2) is 42.6 Å². The van der Waals surface area contributed by atoms with Gasteiger partial charge in [-0.05, 0) is 32.0 Å². The molecular formula is C16H16N4O. The molecule has 0 radical (unpaired) electrons. The second-order valence-corrected chi connectivity index (χ2v) is 4.96. The van der Waals surface area contributed by atoms with Crippen molar-refractivity contribution in [3.05, 3.63) is 65.2 Å². The van der Waals surface area contributed by atoms with E-state index in [9.17, 15) is 4.79 Å². The SMILES string of the molecule is Cc1nn(C)c(C)c1C(=O)c1ccnn1-c1ccccc1. The molecule has 0 aliphatic rings. The van der Waals surface area contributed by atoms with Crippen LogP contribution in [0.5, 0.6) is 0 Å². The molecule has 0 unspecified atom stereocenters. The topological polar surface area (TPSA) is 52.7 Å². The molecule has 0 spiro atoms. The lowest BCUT2D eigenvalue weighted by atomic mass is 10.1. The van der Waals surface area contributed by atoms with Crippen molar-refractivity contribution in [1.82, 2.24) is 19.6 Å². The van der Waals surface area contributed by atoms with Crippen molar-refractivity contribution >= 4 is 5.78 Å². The Labute approximate surface area is 122 Å². The summed E-state index contributed by atoms with van der Waals surface area (Å²) in [6, 6.07) is 11.4. The molecule has 3 rings (SSSR count).